The fraction of sp³-hybridized carbons (Fsp3) is 0.308. The molecule has 2 rings (SSSR count). The van der Waals surface area contributed by atoms with E-state index in [-0.39, 0.29) is 6.04 Å². The lowest BCUT2D eigenvalue weighted by atomic mass is 10.1. The monoisotopic (exact) mass is 260 g/mol. The predicted octanol–water partition coefficient (Wildman–Crippen LogP) is 2.61. The molecule has 0 radical (unpaired) electrons. The molecule has 1 unspecified atom stereocenters. The van der Waals surface area contributed by atoms with Crippen LogP contribution in [0.5, 0.6) is 0 Å². The zero-order valence-corrected chi connectivity index (χ0v) is 11.5. The molecule has 0 amide bonds. The Labute approximate surface area is 111 Å². The number of nitrogens with zero attached hydrogens (tertiary/aromatic N) is 3. The summed E-state index contributed by atoms with van der Waals surface area (Å²) in [4.78, 5) is 13.0. The highest BCUT2D eigenvalue weighted by atomic mass is 32.2. The second kappa shape index (κ2) is 5.93. The molecule has 0 aliphatic carbocycles. The van der Waals surface area contributed by atoms with E-state index in [2.05, 4.69) is 33.3 Å². The van der Waals surface area contributed by atoms with Gasteiger partial charge in [0.25, 0.3) is 0 Å². The van der Waals surface area contributed by atoms with Crippen molar-refractivity contribution in [2.75, 3.05) is 7.05 Å². The highest BCUT2D eigenvalue weighted by Gasteiger charge is 2.11. The lowest BCUT2D eigenvalue weighted by Gasteiger charge is -2.13. The third-order valence-corrected chi connectivity index (χ3v) is 3.57. The van der Waals surface area contributed by atoms with Crippen LogP contribution in [0.3, 0.4) is 0 Å². The van der Waals surface area contributed by atoms with Gasteiger partial charge in [-0.3, -0.25) is 0 Å². The summed E-state index contributed by atoms with van der Waals surface area (Å²) in [6.07, 6.45) is 5.43. The Morgan fingerprint density at radius 3 is 2.61 bits per heavy atom. The maximum absolute atomic E-state index is 4.41. The molecular formula is C13H16N4S. The summed E-state index contributed by atoms with van der Waals surface area (Å²) >= 11 is 1.49. The molecule has 0 aromatic carbocycles. The van der Waals surface area contributed by atoms with Crippen molar-refractivity contribution in [3.63, 3.8) is 0 Å². The molecule has 0 saturated carbocycles. The van der Waals surface area contributed by atoms with Crippen LogP contribution in [0.2, 0.25) is 0 Å². The largest absolute Gasteiger partial charge is 0.313 e. The SMILES string of the molecule is CNC(C)c1cccnc1Sc1ncc(C)cn1. The van der Waals surface area contributed by atoms with Crippen LogP contribution in [0.25, 0.3) is 0 Å². The van der Waals surface area contributed by atoms with Crippen molar-refractivity contribution >= 4 is 11.8 Å². The summed E-state index contributed by atoms with van der Waals surface area (Å²) in [7, 11) is 1.94. The van der Waals surface area contributed by atoms with Crippen LogP contribution in [0.4, 0.5) is 0 Å². The molecule has 18 heavy (non-hydrogen) atoms. The normalized spacial score (nSPS) is 12.4. The summed E-state index contributed by atoms with van der Waals surface area (Å²) in [5.41, 5.74) is 2.22. The zero-order chi connectivity index (χ0) is 13.0. The number of aryl methyl sites for hydroxylation is 1. The van der Waals surface area contributed by atoms with Crippen molar-refractivity contribution in [2.24, 2.45) is 0 Å². The minimum atomic E-state index is 0.256. The van der Waals surface area contributed by atoms with Crippen LogP contribution in [0.1, 0.15) is 24.1 Å². The fourth-order valence-corrected chi connectivity index (χ4v) is 2.35. The van der Waals surface area contributed by atoms with E-state index in [9.17, 15) is 0 Å². The third kappa shape index (κ3) is 3.05. The minimum Gasteiger partial charge on any atom is -0.313 e. The van der Waals surface area contributed by atoms with Gasteiger partial charge in [0.05, 0.1) is 0 Å². The van der Waals surface area contributed by atoms with Crippen LogP contribution in [0.15, 0.2) is 40.9 Å². The topological polar surface area (TPSA) is 50.7 Å². The van der Waals surface area contributed by atoms with Crippen LogP contribution in [0, 0.1) is 6.92 Å². The summed E-state index contributed by atoms with van der Waals surface area (Å²) in [6, 6.07) is 4.28. The molecular weight excluding hydrogens is 244 g/mol. The molecule has 0 bridgehead atoms. The van der Waals surface area contributed by atoms with Gasteiger partial charge in [-0.25, -0.2) is 15.0 Å². The Morgan fingerprint density at radius 2 is 1.94 bits per heavy atom. The van der Waals surface area contributed by atoms with E-state index in [0.29, 0.717) is 0 Å². The minimum absolute atomic E-state index is 0.256. The predicted molar refractivity (Wildman–Crippen MR) is 72.6 cm³/mol. The van der Waals surface area contributed by atoms with E-state index < -0.39 is 0 Å². The van der Waals surface area contributed by atoms with E-state index in [1.54, 1.807) is 6.20 Å². The molecule has 2 heterocycles. The van der Waals surface area contributed by atoms with Crippen molar-refractivity contribution in [2.45, 2.75) is 30.1 Å². The van der Waals surface area contributed by atoms with E-state index >= 15 is 0 Å². The maximum atomic E-state index is 4.41. The first kappa shape index (κ1) is 13.0. The lowest BCUT2D eigenvalue weighted by Crippen LogP contribution is -2.13. The lowest BCUT2D eigenvalue weighted by molar-refractivity contribution is 0.634. The van der Waals surface area contributed by atoms with Gasteiger partial charge in [-0.2, -0.15) is 0 Å². The van der Waals surface area contributed by atoms with Crippen LogP contribution in [-0.2, 0) is 0 Å². The summed E-state index contributed by atoms with van der Waals surface area (Å²) in [5.74, 6) is 0. The Kier molecular flexibility index (Phi) is 4.28. The van der Waals surface area contributed by atoms with Crippen LogP contribution in [-0.4, -0.2) is 22.0 Å². The van der Waals surface area contributed by atoms with Gasteiger partial charge < -0.3 is 5.32 Å². The van der Waals surface area contributed by atoms with Gasteiger partial charge >= 0.3 is 0 Å². The second-order valence-electron chi connectivity index (χ2n) is 4.05. The number of rotatable bonds is 4. The molecule has 2 aromatic heterocycles. The molecule has 4 nitrogen and oxygen atoms in total. The highest BCUT2D eigenvalue weighted by Crippen LogP contribution is 2.28. The van der Waals surface area contributed by atoms with Crippen molar-refractivity contribution in [1.29, 1.82) is 0 Å². The number of nitrogens with one attached hydrogen (secondary N) is 1. The number of aromatic nitrogens is 3. The molecule has 5 heteroatoms. The third-order valence-electron chi connectivity index (χ3n) is 2.65. The van der Waals surface area contributed by atoms with Crippen molar-refractivity contribution in [1.82, 2.24) is 20.3 Å². The van der Waals surface area contributed by atoms with Crippen LogP contribution >= 0.6 is 11.8 Å². The van der Waals surface area contributed by atoms with Crippen molar-refractivity contribution in [3.8, 4) is 0 Å². The van der Waals surface area contributed by atoms with Gasteiger partial charge in [0.15, 0.2) is 5.16 Å². The molecule has 0 aliphatic heterocycles. The van der Waals surface area contributed by atoms with E-state index in [0.717, 1.165) is 21.3 Å². The molecule has 0 fully saturated rings. The van der Waals surface area contributed by atoms with Crippen molar-refractivity contribution < 1.29 is 0 Å². The average Bonchev–Trinajstić information content (AvgIpc) is 2.41. The van der Waals surface area contributed by atoms with Crippen molar-refractivity contribution in [3.05, 3.63) is 41.9 Å². The molecule has 0 saturated heterocycles. The highest BCUT2D eigenvalue weighted by molar-refractivity contribution is 7.99. The first-order valence-electron chi connectivity index (χ1n) is 5.79. The van der Waals surface area contributed by atoms with Gasteiger partial charge in [0.2, 0.25) is 0 Å². The fourth-order valence-electron chi connectivity index (χ4n) is 1.49. The number of hydrogen-bond acceptors (Lipinski definition) is 5. The van der Waals surface area contributed by atoms with E-state index in [1.807, 2.05) is 32.4 Å². The zero-order valence-electron chi connectivity index (χ0n) is 10.7. The Bertz CT molecular complexity index is 513. The summed E-state index contributed by atoms with van der Waals surface area (Å²) in [5, 5.41) is 4.90. The number of hydrogen-bond donors (Lipinski definition) is 1. The van der Waals surface area contributed by atoms with E-state index in [4.69, 9.17) is 0 Å². The molecule has 94 valence electrons. The number of pyridine rings is 1. The van der Waals surface area contributed by atoms with Gasteiger partial charge in [-0.15, -0.1) is 0 Å². The van der Waals surface area contributed by atoms with Gasteiger partial charge in [-0.05, 0) is 44.3 Å². The molecule has 1 N–H and O–H groups in total. The smallest absolute Gasteiger partial charge is 0.193 e. The second-order valence-corrected chi connectivity index (χ2v) is 5.01. The molecule has 0 aliphatic rings. The van der Waals surface area contributed by atoms with Crippen LogP contribution < -0.4 is 5.32 Å². The Balaban J connectivity index is 2.26. The molecule has 1 atom stereocenters. The van der Waals surface area contributed by atoms with Gasteiger partial charge in [-0.1, -0.05) is 6.07 Å². The summed E-state index contributed by atoms with van der Waals surface area (Å²) < 4.78 is 0. The van der Waals surface area contributed by atoms with Gasteiger partial charge in [0.1, 0.15) is 5.03 Å². The molecule has 2 aromatic rings. The summed E-state index contributed by atoms with van der Waals surface area (Å²) in [6.45, 7) is 4.08. The quantitative estimate of drug-likeness (QED) is 0.856. The van der Waals surface area contributed by atoms with E-state index in [1.165, 1.54) is 11.8 Å². The Morgan fingerprint density at radius 1 is 1.22 bits per heavy atom. The average molecular weight is 260 g/mol. The first-order valence-corrected chi connectivity index (χ1v) is 6.61. The Hall–Kier alpha value is -1.46. The van der Waals surface area contributed by atoms with Gasteiger partial charge in [0, 0.05) is 30.2 Å². The molecule has 0 spiro atoms. The maximum Gasteiger partial charge on any atom is 0.193 e. The standard InChI is InChI=1S/C13H16N4S/c1-9-7-16-13(17-8-9)18-12-11(10(2)14-3)5-4-6-15-12/h4-8,10,14H,1-3H3. The first-order chi connectivity index (χ1) is 8.70.